The summed E-state index contributed by atoms with van der Waals surface area (Å²) in [5, 5.41) is 9.13. The summed E-state index contributed by atoms with van der Waals surface area (Å²) in [6.07, 6.45) is 2.92. The summed E-state index contributed by atoms with van der Waals surface area (Å²) in [6, 6.07) is 0.0558. The van der Waals surface area contributed by atoms with Gasteiger partial charge in [0, 0.05) is 12.6 Å². The van der Waals surface area contributed by atoms with Crippen molar-refractivity contribution in [2.75, 3.05) is 6.61 Å². The second-order valence-corrected chi connectivity index (χ2v) is 4.13. The molecule has 4 nitrogen and oxygen atoms in total. The maximum Gasteiger partial charge on any atom is 0.312 e. The van der Waals surface area contributed by atoms with Crippen molar-refractivity contribution < 1.29 is 14.6 Å². The lowest BCUT2D eigenvalue weighted by Crippen LogP contribution is -2.57. The zero-order chi connectivity index (χ0) is 9.47. The van der Waals surface area contributed by atoms with E-state index >= 15 is 0 Å². The van der Waals surface area contributed by atoms with Crippen LogP contribution in [0.4, 0.5) is 0 Å². The van der Waals surface area contributed by atoms with Crippen molar-refractivity contribution in [3.63, 3.8) is 0 Å². The summed E-state index contributed by atoms with van der Waals surface area (Å²) < 4.78 is 5.43. The molecule has 1 atom stereocenters. The van der Waals surface area contributed by atoms with Crippen LogP contribution in [0.3, 0.4) is 0 Å². The number of carboxylic acids is 1. The Morgan fingerprint density at radius 3 is 2.62 bits per heavy atom. The van der Waals surface area contributed by atoms with Crippen molar-refractivity contribution in [2.45, 2.75) is 37.8 Å². The topological polar surface area (TPSA) is 72.6 Å². The van der Waals surface area contributed by atoms with Gasteiger partial charge >= 0.3 is 5.97 Å². The number of ether oxygens (including phenoxy) is 1. The van der Waals surface area contributed by atoms with Crippen LogP contribution in [0.2, 0.25) is 0 Å². The summed E-state index contributed by atoms with van der Waals surface area (Å²) in [7, 11) is 0. The molecule has 1 saturated heterocycles. The van der Waals surface area contributed by atoms with Gasteiger partial charge in [0.25, 0.3) is 0 Å². The quantitative estimate of drug-likeness (QED) is 0.651. The fourth-order valence-corrected chi connectivity index (χ4v) is 2.46. The van der Waals surface area contributed by atoms with Gasteiger partial charge in [0.15, 0.2) is 0 Å². The highest BCUT2D eigenvalue weighted by Gasteiger charge is 2.55. The first-order valence-corrected chi connectivity index (χ1v) is 4.76. The van der Waals surface area contributed by atoms with E-state index in [-0.39, 0.29) is 12.1 Å². The zero-order valence-corrected chi connectivity index (χ0v) is 7.53. The van der Waals surface area contributed by atoms with Crippen LogP contribution in [-0.2, 0) is 9.53 Å². The molecule has 1 aliphatic carbocycles. The van der Waals surface area contributed by atoms with Crippen molar-refractivity contribution in [2.24, 2.45) is 11.1 Å². The molecule has 3 N–H and O–H groups in total. The molecule has 0 amide bonds. The monoisotopic (exact) mass is 185 g/mol. The summed E-state index contributed by atoms with van der Waals surface area (Å²) in [6.45, 7) is 0.703. The highest BCUT2D eigenvalue weighted by Crippen LogP contribution is 2.47. The van der Waals surface area contributed by atoms with Gasteiger partial charge < -0.3 is 15.6 Å². The van der Waals surface area contributed by atoms with Crippen LogP contribution < -0.4 is 5.73 Å². The van der Waals surface area contributed by atoms with E-state index in [2.05, 4.69) is 0 Å². The second-order valence-electron chi connectivity index (χ2n) is 4.13. The molecule has 0 bridgehead atoms. The van der Waals surface area contributed by atoms with E-state index in [1.165, 1.54) is 0 Å². The van der Waals surface area contributed by atoms with Crippen LogP contribution in [0.15, 0.2) is 0 Å². The average molecular weight is 185 g/mol. The van der Waals surface area contributed by atoms with Crippen molar-refractivity contribution in [3.8, 4) is 0 Å². The van der Waals surface area contributed by atoms with Gasteiger partial charge in [-0.3, -0.25) is 4.79 Å². The van der Waals surface area contributed by atoms with E-state index in [1.807, 2.05) is 0 Å². The van der Waals surface area contributed by atoms with Crippen LogP contribution in [0.1, 0.15) is 25.7 Å². The van der Waals surface area contributed by atoms with Gasteiger partial charge in [-0.1, -0.05) is 0 Å². The molecule has 0 spiro atoms. The molecule has 2 fully saturated rings. The molecule has 4 heteroatoms. The van der Waals surface area contributed by atoms with Crippen LogP contribution in [0.5, 0.6) is 0 Å². The number of hydrogen-bond donors (Lipinski definition) is 2. The van der Waals surface area contributed by atoms with E-state index in [9.17, 15) is 4.79 Å². The molecule has 74 valence electrons. The minimum atomic E-state index is -0.735. The third-order valence-corrected chi connectivity index (χ3v) is 3.22. The number of carboxylic acid groups (broad SMARTS) is 1. The summed E-state index contributed by atoms with van der Waals surface area (Å²) in [4.78, 5) is 11.1. The maximum atomic E-state index is 11.1. The van der Waals surface area contributed by atoms with Crippen LogP contribution in [0.25, 0.3) is 0 Å². The molecule has 0 aromatic rings. The van der Waals surface area contributed by atoms with Gasteiger partial charge in [0.2, 0.25) is 0 Å². The van der Waals surface area contributed by atoms with Gasteiger partial charge in [-0.05, 0) is 25.7 Å². The summed E-state index contributed by atoms with van der Waals surface area (Å²) in [5.74, 6) is -0.735. The molecule has 1 aliphatic heterocycles. The van der Waals surface area contributed by atoms with Gasteiger partial charge in [-0.15, -0.1) is 0 Å². The molecule has 13 heavy (non-hydrogen) atoms. The summed E-state index contributed by atoms with van der Waals surface area (Å²) >= 11 is 0. The normalized spacial score (nSPS) is 44.4. The first-order valence-electron chi connectivity index (χ1n) is 4.76. The minimum absolute atomic E-state index is 0.0558. The number of carbonyl (C=O) groups is 1. The van der Waals surface area contributed by atoms with Crippen LogP contribution >= 0.6 is 0 Å². The molecule has 2 aliphatic rings. The molecular weight excluding hydrogens is 170 g/mol. The van der Waals surface area contributed by atoms with Gasteiger partial charge in [-0.25, -0.2) is 0 Å². The lowest BCUT2D eigenvalue weighted by molar-refractivity contribution is -0.168. The van der Waals surface area contributed by atoms with E-state index in [0.29, 0.717) is 19.4 Å². The van der Waals surface area contributed by atoms with Crippen molar-refractivity contribution in [3.05, 3.63) is 0 Å². The Bertz CT molecular complexity index is 217. The van der Waals surface area contributed by atoms with E-state index in [0.717, 1.165) is 12.8 Å². The van der Waals surface area contributed by atoms with Crippen LogP contribution in [0, 0.1) is 5.41 Å². The molecule has 0 aromatic heterocycles. The lowest BCUT2D eigenvalue weighted by Gasteiger charge is -2.45. The number of hydrogen-bond acceptors (Lipinski definition) is 3. The Balaban J connectivity index is 2.10. The summed E-state index contributed by atoms with van der Waals surface area (Å²) in [5.41, 5.74) is 4.98. The van der Waals surface area contributed by atoms with Crippen LogP contribution in [-0.4, -0.2) is 29.8 Å². The Morgan fingerprint density at radius 1 is 1.54 bits per heavy atom. The number of nitrogens with two attached hydrogens (primary N) is 1. The molecule has 1 saturated carbocycles. The Kier molecular flexibility index (Phi) is 2.04. The average Bonchev–Trinajstić information content (AvgIpc) is 2.49. The fraction of sp³-hybridized carbons (Fsp3) is 0.889. The molecule has 0 radical (unpaired) electrons. The zero-order valence-electron chi connectivity index (χ0n) is 7.53. The smallest absolute Gasteiger partial charge is 0.312 e. The molecule has 1 unspecified atom stereocenters. The fourth-order valence-electron chi connectivity index (χ4n) is 2.46. The largest absolute Gasteiger partial charge is 0.481 e. The Labute approximate surface area is 77.1 Å². The number of aliphatic carboxylic acids is 1. The molecule has 1 heterocycles. The highest BCUT2D eigenvalue weighted by molar-refractivity contribution is 5.77. The molecular formula is C9H15NO3. The molecule has 0 aromatic carbocycles. The third-order valence-electron chi connectivity index (χ3n) is 3.22. The highest BCUT2D eigenvalue weighted by atomic mass is 16.5. The van der Waals surface area contributed by atoms with Crippen molar-refractivity contribution in [1.29, 1.82) is 0 Å². The van der Waals surface area contributed by atoms with Gasteiger partial charge in [0.05, 0.1) is 11.5 Å². The first-order chi connectivity index (χ1) is 6.15. The second kappa shape index (κ2) is 2.96. The standard InChI is InChI=1S/C9H15NO3/c10-6-4-9(5-6,8(11)12)7-2-1-3-13-7/h6-7H,1-5,10H2,(H,11,12). The minimum Gasteiger partial charge on any atom is -0.481 e. The van der Waals surface area contributed by atoms with Gasteiger partial charge in [-0.2, -0.15) is 0 Å². The predicted octanol–water partition coefficient (Wildman–Crippen LogP) is 0.357. The van der Waals surface area contributed by atoms with Crippen molar-refractivity contribution in [1.82, 2.24) is 0 Å². The van der Waals surface area contributed by atoms with E-state index in [1.54, 1.807) is 0 Å². The third kappa shape index (κ3) is 1.25. The van der Waals surface area contributed by atoms with E-state index in [4.69, 9.17) is 15.6 Å². The van der Waals surface area contributed by atoms with Gasteiger partial charge in [0.1, 0.15) is 0 Å². The SMILES string of the molecule is NC1CC(C(=O)O)(C2CCCO2)C1. The van der Waals surface area contributed by atoms with Crippen molar-refractivity contribution >= 4 is 5.97 Å². The van der Waals surface area contributed by atoms with E-state index < -0.39 is 11.4 Å². The number of rotatable bonds is 2. The molecule has 2 rings (SSSR count). The Morgan fingerprint density at radius 2 is 2.23 bits per heavy atom. The Hall–Kier alpha value is -0.610. The predicted molar refractivity (Wildman–Crippen MR) is 46.3 cm³/mol. The first kappa shape index (κ1) is 8.97. The lowest BCUT2D eigenvalue weighted by atomic mass is 9.62. The maximum absolute atomic E-state index is 11.1.